The zero-order valence-electron chi connectivity index (χ0n) is 10.6. The summed E-state index contributed by atoms with van der Waals surface area (Å²) < 4.78 is 0. The third kappa shape index (κ3) is 1.80. The van der Waals surface area contributed by atoms with Crippen LogP contribution in [0.15, 0.2) is 0 Å². The molecular formula is C14H26N2. The summed E-state index contributed by atoms with van der Waals surface area (Å²) in [5, 5.41) is 3.58. The summed E-state index contributed by atoms with van der Waals surface area (Å²) in [6.07, 6.45) is 13.1. The van der Waals surface area contributed by atoms with E-state index < -0.39 is 0 Å². The minimum absolute atomic E-state index is 0.773. The molecule has 4 atom stereocenters. The molecule has 3 fully saturated rings. The smallest absolute Gasteiger partial charge is 0.0255 e. The lowest BCUT2D eigenvalue weighted by Gasteiger charge is -2.46. The average molecular weight is 222 g/mol. The van der Waals surface area contributed by atoms with E-state index in [1.54, 1.807) is 0 Å². The number of hydrogen-bond donors (Lipinski definition) is 1. The highest BCUT2D eigenvalue weighted by atomic mass is 15.3. The highest BCUT2D eigenvalue weighted by Crippen LogP contribution is 2.40. The van der Waals surface area contributed by atoms with Crippen LogP contribution < -0.4 is 5.32 Å². The number of fused-ring (bicyclic) bond motifs is 2. The molecule has 2 bridgehead atoms. The molecule has 0 aromatic carbocycles. The summed E-state index contributed by atoms with van der Waals surface area (Å²) in [5.74, 6) is 0. The predicted molar refractivity (Wildman–Crippen MR) is 67.6 cm³/mol. The van der Waals surface area contributed by atoms with E-state index in [-0.39, 0.29) is 0 Å². The van der Waals surface area contributed by atoms with Gasteiger partial charge in [-0.05, 0) is 45.6 Å². The standard InChI is InChI=1S/C14H26N2/c1-15-13-7-2-3-8-14(13)16-11-5-4-6-12(16)10-9-11/h11-15H,2-10H2,1H3. The van der Waals surface area contributed by atoms with E-state index in [9.17, 15) is 0 Å². The quantitative estimate of drug-likeness (QED) is 0.772. The normalized spacial score (nSPS) is 44.8. The van der Waals surface area contributed by atoms with Gasteiger partial charge in [-0.2, -0.15) is 0 Å². The number of hydrogen-bond acceptors (Lipinski definition) is 2. The molecule has 1 aliphatic carbocycles. The molecule has 0 spiro atoms. The Kier molecular flexibility index (Phi) is 3.21. The van der Waals surface area contributed by atoms with Crippen molar-refractivity contribution in [3.05, 3.63) is 0 Å². The van der Waals surface area contributed by atoms with Crippen molar-refractivity contribution < 1.29 is 0 Å². The van der Waals surface area contributed by atoms with Gasteiger partial charge >= 0.3 is 0 Å². The Labute approximate surface area is 99.8 Å². The molecular weight excluding hydrogens is 196 g/mol. The van der Waals surface area contributed by atoms with Gasteiger partial charge < -0.3 is 5.32 Å². The molecule has 3 rings (SSSR count). The summed E-state index contributed by atoms with van der Waals surface area (Å²) in [5.41, 5.74) is 0. The summed E-state index contributed by atoms with van der Waals surface area (Å²) in [7, 11) is 2.16. The van der Waals surface area contributed by atoms with Crippen LogP contribution in [0, 0.1) is 0 Å². The van der Waals surface area contributed by atoms with E-state index >= 15 is 0 Å². The maximum absolute atomic E-state index is 3.58. The van der Waals surface area contributed by atoms with Gasteiger partial charge in [0.15, 0.2) is 0 Å². The Balaban J connectivity index is 1.75. The van der Waals surface area contributed by atoms with Crippen molar-refractivity contribution in [2.45, 2.75) is 82.0 Å². The SMILES string of the molecule is CNC1CCCCC1N1C2CCCC1CC2. The first-order chi connectivity index (χ1) is 7.90. The monoisotopic (exact) mass is 222 g/mol. The molecule has 1 N–H and O–H groups in total. The van der Waals surface area contributed by atoms with E-state index in [4.69, 9.17) is 0 Å². The van der Waals surface area contributed by atoms with Gasteiger partial charge in [0.05, 0.1) is 0 Å². The molecule has 0 aromatic heterocycles. The van der Waals surface area contributed by atoms with Gasteiger partial charge in [-0.15, -0.1) is 0 Å². The minimum atomic E-state index is 0.773. The maximum atomic E-state index is 3.58. The molecule has 0 aromatic rings. The van der Waals surface area contributed by atoms with Crippen LogP contribution in [0.3, 0.4) is 0 Å². The first-order valence-electron chi connectivity index (χ1n) is 7.35. The van der Waals surface area contributed by atoms with Crippen LogP contribution in [0.2, 0.25) is 0 Å². The molecule has 2 heteroatoms. The zero-order valence-corrected chi connectivity index (χ0v) is 10.6. The minimum Gasteiger partial charge on any atom is -0.315 e. The predicted octanol–water partition coefficient (Wildman–Crippen LogP) is 2.53. The molecule has 2 aliphatic heterocycles. The molecule has 2 saturated heterocycles. The molecule has 1 saturated carbocycles. The van der Waals surface area contributed by atoms with E-state index in [1.165, 1.54) is 57.8 Å². The van der Waals surface area contributed by atoms with Crippen LogP contribution in [-0.2, 0) is 0 Å². The molecule has 2 nitrogen and oxygen atoms in total. The van der Waals surface area contributed by atoms with E-state index in [1.807, 2.05) is 0 Å². The second-order valence-electron chi connectivity index (χ2n) is 6.01. The zero-order chi connectivity index (χ0) is 11.0. The molecule has 0 radical (unpaired) electrons. The van der Waals surface area contributed by atoms with Gasteiger partial charge in [0, 0.05) is 24.2 Å². The fourth-order valence-corrected chi connectivity index (χ4v) is 4.50. The molecule has 2 heterocycles. The lowest BCUT2D eigenvalue weighted by molar-refractivity contribution is 0.0470. The van der Waals surface area contributed by atoms with Crippen LogP contribution in [0.1, 0.15) is 57.8 Å². The first kappa shape index (κ1) is 11.0. The summed E-state index contributed by atoms with van der Waals surface area (Å²) >= 11 is 0. The fourth-order valence-electron chi connectivity index (χ4n) is 4.50. The molecule has 3 aliphatic rings. The molecule has 0 amide bonds. The Morgan fingerprint density at radius 2 is 1.50 bits per heavy atom. The number of nitrogens with one attached hydrogen (secondary N) is 1. The summed E-state index contributed by atoms with van der Waals surface area (Å²) in [6.45, 7) is 0. The second kappa shape index (κ2) is 4.66. The van der Waals surface area contributed by atoms with Crippen molar-refractivity contribution >= 4 is 0 Å². The lowest BCUT2D eigenvalue weighted by atomic mass is 9.86. The van der Waals surface area contributed by atoms with Crippen LogP contribution in [0.25, 0.3) is 0 Å². The fraction of sp³-hybridized carbons (Fsp3) is 1.00. The van der Waals surface area contributed by atoms with Gasteiger partial charge in [-0.3, -0.25) is 4.90 Å². The number of piperidine rings is 1. The van der Waals surface area contributed by atoms with Crippen LogP contribution >= 0.6 is 0 Å². The average Bonchev–Trinajstić information content (AvgIpc) is 2.58. The third-order valence-electron chi connectivity index (χ3n) is 5.23. The highest BCUT2D eigenvalue weighted by Gasteiger charge is 2.42. The van der Waals surface area contributed by atoms with Crippen LogP contribution in [0.4, 0.5) is 0 Å². The number of nitrogens with zero attached hydrogens (tertiary/aromatic N) is 1. The van der Waals surface area contributed by atoms with Crippen LogP contribution in [-0.4, -0.2) is 36.1 Å². The van der Waals surface area contributed by atoms with Crippen molar-refractivity contribution in [2.75, 3.05) is 7.05 Å². The summed E-state index contributed by atoms with van der Waals surface area (Å²) in [4.78, 5) is 2.93. The van der Waals surface area contributed by atoms with Crippen LogP contribution in [0.5, 0.6) is 0 Å². The number of rotatable bonds is 2. The van der Waals surface area contributed by atoms with Gasteiger partial charge in [0.1, 0.15) is 0 Å². The highest BCUT2D eigenvalue weighted by molar-refractivity contribution is 4.99. The van der Waals surface area contributed by atoms with E-state index in [0.29, 0.717) is 0 Å². The Morgan fingerprint density at radius 3 is 2.19 bits per heavy atom. The van der Waals surface area contributed by atoms with Gasteiger partial charge in [0.2, 0.25) is 0 Å². The molecule has 16 heavy (non-hydrogen) atoms. The van der Waals surface area contributed by atoms with E-state index in [2.05, 4.69) is 17.3 Å². The second-order valence-corrected chi connectivity index (χ2v) is 6.01. The maximum Gasteiger partial charge on any atom is 0.0255 e. The van der Waals surface area contributed by atoms with Crippen molar-refractivity contribution in [3.63, 3.8) is 0 Å². The van der Waals surface area contributed by atoms with Crippen molar-refractivity contribution in [2.24, 2.45) is 0 Å². The van der Waals surface area contributed by atoms with Crippen molar-refractivity contribution in [1.29, 1.82) is 0 Å². The van der Waals surface area contributed by atoms with Gasteiger partial charge in [0.25, 0.3) is 0 Å². The number of likely N-dealkylation sites (N-methyl/N-ethyl adjacent to an activating group) is 1. The van der Waals surface area contributed by atoms with Crippen molar-refractivity contribution in [3.8, 4) is 0 Å². The first-order valence-corrected chi connectivity index (χ1v) is 7.35. The molecule has 92 valence electrons. The molecule has 4 unspecified atom stereocenters. The Bertz CT molecular complexity index is 225. The largest absolute Gasteiger partial charge is 0.315 e. The third-order valence-corrected chi connectivity index (χ3v) is 5.23. The van der Waals surface area contributed by atoms with Crippen molar-refractivity contribution in [1.82, 2.24) is 10.2 Å². The van der Waals surface area contributed by atoms with Gasteiger partial charge in [-0.25, -0.2) is 0 Å². The Morgan fingerprint density at radius 1 is 0.812 bits per heavy atom. The topological polar surface area (TPSA) is 15.3 Å². The summed E-state index contributed by atoms with van der Waals surface area (Å²) in [6, 6.07) is 3.52. The Hall–Kier alpha value is -0.0800. The van der Waals surface area contributed by atoms with Gasteiger partial charge in [-0.1, -0.05) is 19.3 Å². The lowest BCUT2D eigenvalue weighted by Crippen LogP contribution is -2.56. The van der Waals surface area contributed by atoms with E-state index in [0.717, 1.165) is 24.2 Å².